The zero-order chi connectivity index (χ0) is 33.3. The molecule has 16 heteroatoms. The number of pyridine rings is 2. The van der Waals surface area contributed by atoms with Gasteiger partial charge in [-0.3, -0.25) is 9.89 Å². The summed E-state index contributed by atoms with van der Waals surface area (Å²) in [7, 11) is 0. The molecule has 0 radical (unpaired) electrons. The SMILES string of the molecule is Cc1cc(N)nc(-c2cc3c4c(c2Cl)=NCNC=4[C@H](Cc2cccnc2N)N=C(OC[C@@]24CCCN2CC(F)(F)C4)O3)c1C(F)(F)F. The summed E-state index contributed by atoms with van der Waals surface area (Å²) in [5, 5.41) is 3.65. The number of anilines is 2. The van der Waals surface area contributed by atoms with Crippen LogP contribution in [0.1, 0.15) is 36.0 Å². The van der Waals surface area contributed by atoms with Gasteiger partial charge in [0.15, 0.2) is 0 Å². The number of nitrogens with two attached hydrogens (primary N) is 2. The number of halogens is 6. The van der Waals surface area contributed by atoms with E-state index in [0.29, 0.717) is 29.4 Å². The number of nitrogens with one attached hydrogen (secondary N) is 1. The van der Waals surface area contributed by atoms with Gasteiger partial charge >= 0.3 is 12.3 Å². The van der Waals surface area contributed by atoms with Crippen LogP contribution in [0.4, 0.5) is 33.6 Å². The molecule has 3 aromatic rings. The maximum atomic E-state index is 14.5. The molecule has 7 rings (SSSR count). The molecule has 0 unspecified atom stereocenters. The molecule has 2 saturated heterocycles. The summed E-state index contributed by atoms with van der Waals surface area (Å²) in [6, 6.07) is 5.25. The molecule has 0 amide bonds. The molecule has 6 heterocycles. The van der Waals surface area contributed by atoms with Gasteiger partial charge in [-0.2, -0.15) is 13.2 Å². The largest absolute Gasteiger partial charge is 0.448 e. The Morgan fingerprint density at radius 2 is 2.04 bits per heavy atom. The zero-order valence-electron chi connectivity index (χ0n) is 25.1. The van der Waals surface area contributed by atoms with E-state index in [2.05, 4.69) is 20.3 Å². The van der Waals surface area contributed by atoms with E-state index in [0.717, 1.165) is 12.5 Å². The molecule has 1 aromatic carbocycles. The fourth-order valence-electron chi connectivity index (χ4n) is 7.14. The molecule has 0 bridgehead atoms. The molecule has 4 aliphatic heterocycles. The second-order valence-corrected chi connectivity index (χ2v) is 12.7. The van der Waals surface area contributed by atoms with Crippen molar-refractivity contribution in [3.8, 4) is 17.0 Å². The minimum Gasteiger partial charge on any atom is -0.448 e. The average molecular weight is 677 g/mol. The van der Waals surface area contributed by atoms with E-state index < -0.39 is 34.9 Å². The third-order valence-electron chi connectivity index (χ3n) is 9.10. The number of hydrogen-bond donors (Lipinski definition) is 3. The molecule has 4 aliphatic rings. The Bertz CT molecular complexity index is 1940. The minimum absolute atomic E-state index is 0.0261. The number of aliphatic imine (C=N–C) groups is 1. The molecule has 0 aliphatic carbocycles. The summed E-state index contributed by atoms with van der Waals surface area (Å²) in [5.74, 6) is -2.68. The van der Waals surface area contributed by atoms with Gasteiger partial charge < -0.3 is 26.3 Å². The summed E-state index contributed by atoms with van der Waals surface area (Å²) in [6.07, 6.45) is -2.39. The maximum Gasteiger partial charge on any atom is 0.418 e. The highest BCUT2D eigenvalue weighted by Crippen LogP contribution is 2.46. The first-order chi connectivity index (χ1) is 22.2. The Kier molecular flexibility index (Phi) is 7.46. The summed E-state index contributed by atoms with van der Waals surface area (Å²) >= 11 is 6.85. The first-order valence-corrected chi connectivity index (χ1v) is 15.3. The predicted molar refractivity (Wildman–Crippen MR) is 164 cm³/mol. The van der Waals surface area contributed by atoms with Crippen molar-refractivity contribution in [2.24, 2.45) is 9.98 Å². The molecule has 2 atom stereocenters. The van der Waals surface area contributed by atoms with Gasteiger partial charge in [0.2, 0.25) is 0 Å². The number of nitrogens with zero attached hydrogens (tertiary/aromatic N) is 5. The van der Waals surface area contributed by atoms with Crippen LogP contribution in [-0.4, -0.2) is 64.8 Å². The molecule has 248 valence electrons. The summed E-state index contributed by atoms with van der Waals surface area (Å²) < 4.78 is 84.6. The van der Waals surface area contributed by atoms with Gasteiger partial charge in [0.25, 0.3) is 5.92 Å². The molecule has 0 spiro atoms. The molecule has 10 nitrogen and oxygen atoms in total. The molecular weight excluding hydrogens is 647 g/mol. The Morgan fingerprint density at radius 1 is 1.23 bits per heavy atom. The van der Waals surface area contributed by atoms with Crippen LogP contribution in [0.2, 0.25) is 5.02 Å². The number of nitrogen functional groups attached to an aromatic ring is 2. The Morgan fingerprint density at radius 3 is 2.81 bits per heavy atom. The number of benzene rings is 1. The lowest BCUT2D eigenvalue weighted by Crippen LogP contribution is -2.43. The summed E-state index contributed by atoms with van der Waals surface area (Å²) in [6.45, 7) is 1.33. The first-order valence-electron chi connectivity index (χ1n) is 15.0. The van der Waals surface area contributed by atoms with E-state index in [4.69, 9.17) is 37.5 Å². The van der Waals surface area contributed by atoms with Gasteiger partial charge in [-0.1, -0.05) is 17.7 Å². The van der Waals surface area contributed by atoms with Gasteiger partial charge in [0.05, 0.1) is 44.6 Å². The van der Waals surface area contributed by atoms with E-state index in [1.807, 2.05) is 0 Å². The lowest BCUT2D eigenvalue weighted by Gasteiger charge is -2.30. The number of aromatic nitrogens is 2. The lowest BCUT2D eigenvalue weighted by atomic mass is 9.94. The van der Waals surface area contributed by atoms with E-state index in [-0.39, 0.29) is 77.6 Å². The predicted octanol–water partition coefficient (Wildman–Crippen LogP) is 3.83. The van der Waals surface area contributed by atoms with Crippen molar-refractivity contribution in [1.82, 2.24) is 20.2 Å². The van der Waals surface area contributed by atoms with Crippen molar-refractivity contribution in [3.05, 3.63) is 62.8 Å². The number of fused-ring (bicyclic) bond motifs is 1. The van der Waals surface area contributed by atoms with E-state index in [1.165, 1.54) is 13.0 Å². The van der Waals surface area contributed by atoms with Crippen molar-refractivity contribution in [1.29, 1.82) is 0 Å². The van der Waals surface area contributed by atoms with Gasteiger partial charge in [0, 0.05) is 24.6 Å². The van der Waals surface area contributed by atoms with Gasteiger partial charge in [-0.25, -0.2) is 23.7 Å². The van der Waals surface area contributed by atoms with Crippen LogP contribution in [0.3, 0.4) is 0 Å². The van der Waals surface area contributed by atoms with Crippen molar-refractivity contribution < 1.29 is 31.4 Å². The third kappa shape index (κ3) is 5.58. The normalized spacial score (nSPS) is 23.2. The Balaban J connectivity index is 1.38. The molecule has 2 aromatic heterocycles. The van der Waals surface area contributed by atoms with Crippen LogP contribution >= 0.6 is 11.6 Å². The van der Waals surface area contributed by atoms with Gasteiger partial charge in [-0.15, -0.1) is 0 Å². The summed E-state index contributed by atoms with van der Waals surface area (Å²) in [4.78, 5) is 19.2. The van der Waals surface area contributed by atoms with Crippen molar-refractivity contribution in [2.45, 2.75) is 56.3 Å². The standard InChI is InChI=1S/C31H30ClF5N8O2/c1-15-8-20(38)44-24(22(15)31(35,36)37)17-10-19-21-25(41-14-42-26(21)23(17)32)18(9-16-4-2-6-40-27(16)39)43-28(47-19)46-13-29-5-3-7-45(29)12-30(33,34)11-29/h2,4,6,8,10,18,41H,3,5,7,9,11-14H2,1H3,(H2,38,44)(H2,39,40)/t18-,29-/m0/s1. The highest BCUT2D eigenvalue weighted by atomic mass is 35.5. The van der Waals surface area contributed by atoms with E-state index in [9.17, 15) is 22.0 Å². The van der Waals surface area contributed by atoms with E-state index >= 15 is 0 Å². The smallest absolute Gasteiger partial charge is 0.418 e. The fraction of sp³-hybridized carbons (Fsp3) is 0.419. The lowest BCUT2D eigenvalue weighted by molar-refractivity contribution is -0.137. The average Bonchev–Trinajstić information content (AvgIpc) is 3.42. The molecule has 2 fully saturated rings. The quantitative estimate of drug-likeness (QED) is 0.347. The van der Waals surface area contributed by atoms with Crippen LogP contribution in [0.15, 0.2) is 40.4 Å². The zero-order valence-corrected chi connectivity index (χ0v) is 25.9. The second-order valence-electron chi connectivity index (χ2n) is 12.3. The number of rotatable bonds is 5. The minimum atomic E-state index is -4.79. The van der Waals surface area contributed by atoms with Gasteiger partial charge in [0.1, 0.15) is 36.7 Å². The van der Waals surface area contributed by atoms with Gasteiger partial charge in [-0.05, 0) is 55.6 Å². The Hall–Kier alpha value is -4.24. The van der Waals surface area contributed by atoms with Crippen LogP contribution < -0.4 is 32.1 Å². The van der Waals surface area contributed by atoms with Crippen LogP contribution in [0.5, 0.6) is 5.75 Å². The maximum absolute atomic E-state index is 14.5. The van der Waals surface area contributed by atoms with Crippen LogP contribution in [-0.2, 0) is 17.3 Å². The highest BCUT2D eigenvalue weighted by Gasteiger charge is 2.57. The number of hydrogen-bond acceptors (Lipinski definition) is 10. The number of aryl methyl sites for hydroxylation is 1. The monoisotopic (exact) mass is 676 g/mol. The number of ether oxygens (including phenoxy) is 2. The molecular formula is C31H30ClF5N8O2. The number of alkyl halides is 5. The first kappa shape index (κ1) is 31.4. The third-order valence-corrected chi connectivity index (χ3v) is 9.48. The molecule has 47 heavy (non-hydrogen) atoms. The Labute approximate surface area is 270 Å². The molecule has 0 saturated carbocycles. The van der Waals surface area contributed by atoms with Crippen LogP contribution in [0.25, 0.3) is 17.0 Å². The van der Waals surface area contributed by atoms with Crippen molar-refractivity contribution in [3.63, 3.8) is 0 Å². The van der Waals surface area contributed by atoms with E-state index in [1.54, 1.807) is 23.2 Å². The van der Waals surface area contributed by atoms with Crippen LogP contribution in [0, 0.1) is 6.92 Å². The van der Waals surface area contributed by atoms with Crippen molar-refractivity contribution in [2.75, 3.05) is 37.8 Å². The molecule has 5 N–H and O–H groups in total. The highest BCUT2D eigenvalue weighted by molar-refractivity contribution is 6.33. The topological polar surface area (TPSA) is 136 Å². The fourth-order valence-corrected chi connectivity index (χ4v) is 7.43. The van der Waals surface area contributed by atoms with Crippen molar-refractivity contribution >= 4 is 35.0 Å². The second kappa shape index (κ2) is 11.2. The summed E-state index contributed by atoms with van der Waals surface area (Å²) in [5.41, 5.74) is 10.6.